The molecule has 1 aromatic carbocycles. The average molecular weight is 323 g/mol. The van der Waals surface area contributed by atoms with E-state index in [0.29, 0.717) is 22.4 Å². The molecule has 120 valence electrons. The number of furan rings is 1. The fourth-order valence-corrected chi connectivity index (χ4v) is 2.28. The molecule has 2 aromatic heterocycles. The van der Waals surface area contributed by atoms with Gasteiger partial charge in [-0.3, -0.25) is 0 Å². The number of esters is 1. The number of carbonyl (C=O) groups excluding carboxylic acids is 1. The number of aromatic nitrogens is 1. The lowest BCUT2D eigenvalue weighted by Crippen LogP contribution is -2.00. The Kier molecular flexibility index (Phi) is 4.11. The molecule has 0 atom stereocenters. The summed E-state index contributed by atoms with van der Waals surface area (Å²) in [5, 5.41) is 9.94. The topological polar surface area (TPSA) is 89.6 Å². The van der Waals surface area contributed by atoms with E-state index in [1.165, 1.54) is 19.2 Å². The van der Waals surface area contributed by atoms with E-state index in [2.05, 4.69) is 9.72 Å². The third kappa shape index (κ3) is 3.03. The van der Waals surface area contributed by atoms with Crippen LogP contribution >= 0.6 is 0 Å². The van der Waals surface area contributed by atoms with Crippen LogP contribution in [0.2, 0.25) is 0 Å². The summed E-state index contributed by atoms with van der Waals surface area (Å²) in [6, 6.07) is 11.6. The summed E-state index contributed by atoms with van der Waals surface area (Å²) < 4.78 is 9.89. The maximum absolute atomic E-state index is 11.4. The van der Waals surface area contributed by atoms with Crippen molar-refractivity contribution in [2.75, 3.05) is 7.11 Å². The molecule has 0 aliphatic rings. The van der Waals surface area contributed by atoms with Gasteiger partial charge in [-0.2, -0.15) is 0 Å². The molecule has 0 saturated heterocycles. The number of benzene rings is 1. The number of para-hydroxylation sites is 1. The highest BCUT2D eigenvalue weighted by Gasteiger charge is 2.11. The summed E-state index contributed by atoms with van der Waals surface area (Å²) in [6.45, 7) is 0. The van der Waals surface area contributed by atoms with E-state index in [-0.39, 0.29) is 11.3 Å². The summed E-state index contributed by atoms with van der Waals surface area (Å²) in [5.41, 5.74) is 1.24. The highest BCUT2D eigenvalue weighted by Crippen LogP contribution is 2.20. The molecule has 0 aliphatic heterocycles. The number of hydrogen-bond donors (Lipinski definition) is 1. The van der Waals surface area contributed by atoms with Crippen molar-refractivity contribution in [1.29, 1.82) is 0 Å². The number of hydrogen-bond acceptors (Lipinski definition) is 5. The number of carbonyl (C=O) groups is 2. The standard InChI is InChI=1S/C18H13NO5/c1-23-18(22)16-9-8-12(24-16)7-6-11-10-14(17(20)21)13-4-2-3-5-15(13)19-11/h2-10H,1H3,(H,20,21)/b7-6+. The Morgan fingerprint density at radius 1 is 1.17 bits per heavy atom. The van der Waals surface area contributed by atoms with Crippen LogP contribution in [0.5, 0.6) is 0 Å². The first-order valence-corrected chi connectivity index (χ1v) is 7.08. The molecule has 6 nitrogen and oxygen atoms in total. The molecule has 0 amide bonds. The lowest BCUT2D eigenvalue weighted by Gasteiger charge is -2.03. The zero-order valence-electron chi connectivity index (χ0n) is 12.7. The Hall–Kier alpha value is -3.41. The van der Waals surface area contributed by atoms with Crippen molar-refractivity contribution in [3.05, 3.63) is 65.2 Å². The van der Waals surface area contributed by atoms with E-state index in [1.54, 1.807) is 42.5 Å². The van der Waals surface area contributed by atoms with Crippen LogP contribution in [-0.2, 0) is 4.74 Å². The molecule has 24 heavy (non-hydrogen) atoms. The van der Waals surface area contributed by atoms with E-state index in [0.717, 1.165) is 0 Å². The monoisotopic (exact) mass is 323 g/mol. The Labute approximate surface area is 137 Å². The molecule has 3 aromatic rings. The quantitative estimate of drug-likeness (QED) is 0.739. The second kappa shape index (κ2) is 6.37. The molecule has 0 unspecified atom stereocenters. The van der Waals surface area contributed by atoms with Gasteiger partial charge in [0.25, 0.3) is 0 Å². The minimum absolute atomic E-state index is 0.0924. The second-order valence-electron chi connectivity index (χ2n) is 4.94. The second-order valence-corrected chi connectivity index (χ2v) is 4.94. The number of methoxy groups -OCH3 is 1. The molecule has 2 heterocycles. The lowest BCUT2D eigenvalue weighted by molar-refractivity contribution is 0.0564. The van der Waals surface area contributed by atoms with Gasteiger partial charge in [-0.1, -0.05) is 18.2 Å². The van der Waals surface area contributed by atoms with Gasteiger partial charge in [0.2, 0.25) is 5.76 Å². The molecule has 6 heteroatoms. The third-order valence-corrected chi connectivity index (χ3v) is 3.40. The van der Waals surface area contributed by atoms with Gasteiger partial charge in [0.05, 0.1) is 23.9 Å². The Balaban J connectivity index is 1.96. The van der Waals surface area contributed by atoms with Gasteiger partial charge < -0.3 is 14.3 Å². The number of fused-ring (bicyclic) bond motifs is 1. The van der Waals surface area contributed by atoms with Gasteiger partial charge in [0, 0.05) is 5.39 Å². The van der Waals surface area contributed by atoms with Crippen molar-refractivity contribution in [3.63, 3.8) is 0 Å². The molecule has 0 aliphatic carbocycles. The van der Waals surface area contributed by atoms with Crippen LogP contribution in [0.15, 0.2) is 46.9 Å². The first-order valence-electron chi connectivity index (χ1n) is 7.08. The number of ether oxygens (including phenoxy) is 1. The van der Waals surface area contributed by atoms with Crippen LogP contribution in [0.4, 0.5) is 0 Å². The molecule has 0 radical (unpaired) electrons. The van der Waals surface area contributed by atoms with Crippen LogP contribution in [0.25, 0.3) is 23.1 Å². The molecule has 0 fully saturated rings. The van der Waals surface area contributed by atoms with Gasteiger partial charge in [0.15, 0.2) is 0 Å². The predicted molar refractivity (Wildman–Crippen MR) is 87.7 cm³/mol. The molecule has 0 spiro atoms. The van der Waals surface area contributed by atoms with Crippen molar-refractivity contribution in [3.8, 4) is 0 Å². The Morgan fingerprint density at radius 3 is 2.71 bits per heavy atom. The summed E-state index contributed by atoms with van der Waals surface area (Å²) >= 11 is 0. The van der Waals surface area contributed by atoms with Gasteiger partial charge in [-0.25, -0.2) is 14.6 Å². The maximum Gasteiger partial charge on any atom is 0.373 e. The number of carboxylic acids is 1. The molecular formula is C18H13NO5. The third-order valence-electron chi connectivity index (χ3n) is 3.40. The van der Waals surface area contributed by atoms with E-state index < -0.39 is 11.9 Å². The van der Waals surface area contributed by atoms with Crippen LogP contribution in [0.3, 0.4) is 0 Å². The fourth-order valence-electron chi connectivity index (χ4n) is 2.28. The number of pyridine rings is 1. The summed E-state index contributed by atoms with van der Waals surface area (Å²) in [4.78, 5) is 27.2. The van der Waals surface area contributed by atoms with Crippen molar-refractivity contribution in [2.24, 2.45) is 0 Å². The lowest BCUT2D eigenvalue weighted by atomic mass is 10.1. The van der Waals surface area contributed by atoms with Crippen molar-refractivity contribution in [1.82, 2.24) is 4.98 Å². The zero-order chi connectivity index (χ0) is 17.1. The minimum Gasteiger partial charge on any atom is -0.478 e. The summed E-state index contributed by atoms with van der Waals surface area (Å²) in [7, 11) is 1.27. The normalized spacial score (nSPS) is 11.0. The Morgan fingerprint density at radius 2 is 1.96 bits per heavy atom. The first kappa shape index (κ1) is 15.5. The predicted octanol–water partition coefficient (Wildman–Crippen LogP) is 3.48. The number of rotatable bonds is 4. The van der Waals surface area contributed by atoms with Gasteiger partial charge in [-0.05, 0) is 36.4 Å². The van der Waals surface area contributed by atoms with E-state index >= 15 is 0 Å². The zero-order valence-corrected chi connectivity index (χ0v) is 12.7. The van der Waals surface area contributed by atoms with Crippen LogP contribution < -0.4 is 0 Å². The van der Waals surface area contributed by atoms with Crippen molar-refractivity contribution < 1.29 is 23.8 Å². The number of nitrogens with zero attached hydrogens (tertiary/aromatic N) is 1. The molecule has 0 saturated carbocycles. The first-order chi connectivity index (χ1) is 11.6. The SMILES string of the molecule is COC(=O)c1ccc(/C=C/c2cc(C(=O)O)c3ccccc3n2)o1. The highest BCUT2D eigenvalue weighted by atomic mass is 16.5. The fraction of sp³-hybridized carbons (Fsp3) is 0.0556. The highest BCUT2D eigenvalue weighted by molar-refractivity contribution is 6.03. The number of aromatic carboxylic acids is 1. The maximum atomic E-state index is 11.4. The minimum atomic E-state index is -1.02. The van der Waals surface area contributed by atoms with Crippen molar-refractivity contribution >= 4 is 35.0 Å². The van der Waals surface area contributed by atoms with Crippen LogP contribution in [0, 0.1) is 0 Å². The van der Waals surface area contributed by atoms with Gasteiger partial charge >= 0.3 is 11.9 Å². The van der Waals surface area contributed by atoms with Crippen molar-refractivity contribution in [2.45, 2.75) is 0 Å². The van der Waals surface area contributed by atoms with E-state index in [9.17, 15) is 14.7 Å². The largest absolute Gasteiger partial charge is 0.478 e. The Bertz CT molecular complexity index is 955. The summed E-state index contributed by atoms with van der Waals surface area (Å²) in [5.74, 6) is -1.06. The van der Waals surface area contributed by atoms with E-state index in [1.807, 2.05) is 0 Å². The smallest absolute Gasteiger partial charge is 0.373 e. The molecule has 1 N–H and O–H groups in total. The van der Waals surface area contributed by atoms with Gasteiger partial charge in [0.1, 0.15) is 5.76 Å². The van der Waals surface area contributed by atoms with Crippen LogP contribution in [-0.4, -0.2) is 29.1 Å². The molecular weight excluding hydrogens is 310 g/mol. The molecule has 0 bridgehead atoms. The van der Waals surface area contributed by atoms with E-state index in [4.69, 9.17) is 4.42 Å². The summed E-state index contributed by atoms with van der Waals surface area (Å²) in [6.07, 6.45) is 3.23. The molecule has 3 rings (SSSR count). The average Bonchev–Trinajstić information content (AvgIpc) is 3.07. The van der Waals surface area contributed by atoms with Gasteiger partial charge in [-0.15, -0.1) is 0 Å². The van der Waals surface area contributed by atoms with Crippen LogP contribution in [0.1, 0.15) is 32.4 Å². The number of carboxylic acid groups (broad SMARTS) is 1.